The van der Waals surface area contributed by atoms with Gasteiger partial charge in [-0.3, -0.25) is 5.01 Å². The number of para-hydroxylation sites is 1. The first kappa shape index (κ1) is 12.1. The van der Waals surface area contributed by atoms with E-state index in [4.69, 9.17) is 5.84 Å². The summed E-state index contributed by atoms with van der Waals surface area (Å²) >= 11 is 1.63. The third kappa shape index (κ3) is 2.75. The number of thiazole rings is 1. The molecule has 0 fully saturated rings. The molecule has 0 aliphatic heterocycles. The van der Waals surface area contributed by atoms with Crippen molar-refractivity contribution >= 4 is 26.7 Å². The average Bonchev–Trinajstić information content (AvgIpc) is 2.90. The van der Waals surface area contributed by atoms with Crippen molar-refractivity contribution in [1.29, 1.82) is 0 Å². The first-order chi connectivity index (χ1) is 9.33. The predicted molar refractivity (Wildman–Crippen MR) is 81.3 cm³/mol. The molecule has 0 atom stereocenters. The molecule has 0 bridgehead atoms. The minimum absolute atomic E-state index is 0.768. The summed E-state index contributed by atoms with van der Waals surface area (Å²) in [7, 11) is 0. The number of rotatable bonds is 4. The van der Waals surface area contributed by atoms with Gasteiger partial charge in [-0.05, 0) is 24.1 Å². The van der Waals surface area contributed by atoms with Gasteiger partial charge >= 0.3 is 0 Å². The molecule has 2 N–H and O–H groups in total. The number of nitrogens with two attached hydrogens (primary N) is 1. The van der Waals surface area contributed by atoms with Crippen LogP contribution in [0.5, 0.6) is 0 Å². The van der Waals surface area contributed by atoms with Gasteiger partial charge in [0.05, 0.1) is 10.2 Å². The van der Waals surface area contributed by atoms with E-state index in [0.717, 1.165) is 23.6 Å². The van der Waals surface area contributed by atoms with Crippen molar-refractivity contribution in [3.8, 4) is 0 Å². The molecule has 0 saturated heterocycles. The van der Waals surface area contributed by atoms with Gasteiger partial charge in [-0.25, -0.2) is 10.8 Å². The summed E-state index contributed by atoms with van der Waals surface area (Å²) in [6, 6.07) is 18.5. The largest absolute Gasteiger partial charge is 0.286 e. The Hall–Kier alpha value is -1.91. The topological polar surface area (TPSA) is 42.1 Å². The van der Waals surface area contributed by atoms with Crippen LogP contribution in [0.3, 0.4) is 0 Å². The van der Waals surface area contributed by atoms with Gasteiger partial charge in [0.25, 0.3) is 0 Å². The minimum Gasteiger partial charge on any atom is -0.286 e. The Balaban J connectivity index is 1.71. The second-order valence-electron chi connectivity index (χ2n) is 4.39. The van der Waals surface area contributed by atoms with Gasteiger partial charge in [-0.15, -0.1) is 0 Å². The van der Waals surface area contributed by atoms with E-state index < -0.39 is 0 Å². The fourth-order valence-corrected chi connectivity index (χ4v) is 2.89. The smallest absolute Gasteiger partial charge is 0.200 e. The first-order valence-corrected chi connectivity index (χ1v) is 7.06. The van der Waals surface area contributed by atoms with Crippen LogP contribution in [-0.2, 0) is 6.42 Å². The van der Waals surface area contributed by atoms with Crippen LogP contribution in [0.25, 0.3) is 10.2 Å². The van der Waals surface area contributed by atoms with E-state index in [1.807, 2.05) is 36.4 Å². The highest BCUT2D eigenvalue weighted by Gasteiger charge is 2.08. The summed E-state index contributed by atoms with van der Waals surface area (Å²) in [5.41, 5.74) is 2.30. The van der Waals surface area contributed by atoms with Gasteiger partial charge in [0, 0.05) is 6.54 Å². The summed E-state index contributed by atoms with van der Waals surface area (Å²) in [6.45, 7) is 0.768. The Kier molecular flexibility index (Phi) is 3.44. The van der Waals surface area contributed by atoms with E-state index in [9.17, 15) is 0 Å². The molecule has 2 aromatic carbocycles. The van der Waals surface area contributed by atoms with E-state index >= 15 is 0 Å². The Labute approximate surface area is 116 Å². The average molecular weight is 269 g/mol. The maximum Gasteiger partial charge on any atom is 0.200 e. The maximum atomic E-state index is 6.09. The molecular weight excluding hydrogens is 254 g/mol. The fraction of sp³-hybridized carbons (Fsp3) is 0.133. The normalized spacial score (nSPS) is 10.8. The SMILES string of the molecule is NN(CCc1ccccc1)c1nc2ccccc2s1. The third-order valence-electron chi connectivity index (χ3n) is 3.01. The van der Waals surface area contributed by atoms with Crippen molar-refractivity contribution in [2.24, 2.45) is 5.84 Å². The van der Waals surface area contributed by atoms with Crippen LogP contribution in [0, 0.1) is 0 Å². The molecule has 19 heavy (non-hydrogen) atoms. The summed E-state index contributed by atoms with van der Waals surface area (Å²) in [4.78, 5) is 4.54. The van der Waals surface area contributed by atoms with Gasteiger partial charge in [-0.1, -0.05) is 53.8 Å². The molecule has 4 heteroatoms. The lowest BCUT2D eigenvalue weighted by atomic mass is 10.1. The molecule has 0 unspecified atom stereocenters. The number of aromatic nitrogens is 1. The van der Waals surface area contributed by atoms with Gasteiger partial charge in [0.2, 0.25) is 5.13 Å². The predicted octanol–water partition coefficient (Wildman–Crippen LogP) is 3.22. The van der Waals surface area contributed by atoms with Gasteiger partial charge in [0.15, 0.2) is 0 Å². The number of fused-ring (bicyclic) bond motifs is 1. The number of benzene rings is 2. The van der Waals surface area contributed by atoms with Crippen molar-refractivity contribution in [3.05, 3.63) is 60.2 Å². The monoisotopic (exact) mass is 269 g/mol. The highest BCUT2D eigenvalue weighted by Crippen LogP contribution is 2.27. The van der Waals surface area contributed by atoms with Gasteiger partial charge < -0.3 is 0 Å². The second-order valence-corrected chi connectivity index (χ2v) is 5.40. The van der Waals surface area contributed by atoms with Crippen LogP contribution in [-0.4, -0.2) is 11.5 Å². The number of hydrogen-bond acceptors (Lipinski definition) is 4. The molecule has 0 aliphatic carbocycles. The lowest BCUT2D eigenvalue weighted by Crippen LogP contribution is -2.32. The molecule has 0 spiro atoms. The van der Waals surface area contributed by atoms with Crippen molar-refractivity contribution in [2.75, 3.05) is 11.6 Å². The zero-order valence-electron chi connectivity index (χ0n) is 10.5. The maximum absolute atomic E-state index is 6.09. The summed E-state index contributed by atoms with van der Waals surface area (Å²) in [5, 5.41) is 2.61. The van der Waals surface area contributed by atoms with Crippen LogP contribution in [0.15, 0.2) is 54.6 Å². The quantitative estimate of drug-likeness (QED) is 0.584. The highest BCUT2D eigenvalue weighted by atomic mass is 32.1. The lowest BCUT2D eigenvalue weighted by molar-refractivity contribution is 0.821. The van der Waals surface area contributed by atoms with Crippen LogP contribution >= 0.6 is 11.3 Å². The number of anilines is 1. The number of nitrogens with zero attached hydrogens (tertiary/aromatic N) is 2. The van der Waals surface area contributed by atoms with Crippen LogP contribution < -0.4 is 10.9 Å². The molecule has 0 amide bonds. The third-order valence-corrected chi connectivity index (χ3v) is 4.09. The summed E-state index contributed by atoms with van der Waals surface area (Å²) < 4.78 is 1.17. The molecule has 1 aromatic heterocycles. The molecular formula is C15H15N3S. The summed E-state index contributed by atoms with van der Waals surface area (Å²) in [6.07, 6.45) is 0.924. The Bertz CT molecular complexity index is 630. The molecule has 3 rings (SSSR count). The van der Waals surface area contributed by atoms with Crippen molar-refractivity contribution in [3.63, 3.8) is 0 Å². The fourth-order valence-electron chi connectivity index (χ4n) is 1.97. The van der Waals surface area contributed by atoms with E-state index in [-0.39, 0.29) is 0 Å². The van der Waals surface area contributed by atoms with Crippen molar-refractivity contribution in [2.45, 2.75) is 6.42 Å². The Morgan fingerprint density at radius 2 is 1.74 bits per heavy atom. The van der Waals surface area contributed by atoms with Crippen LogP contribution in [0.1, 0.15) is 5.56 Å². The zero-order chi connectivity index (χ0) is 13.1. The van der Waals surface area contributed by atoms with E-state index in [2.05, 4.69) is 23.2 Å². The standard InChI is InChI=1S/C15H15N3S/c16-18(11-10-12-6-2-1-3-7-12)15-17-13-8-4-5-9-14(13)19-15/h1-9H,10-11,16H2. The molecule has 0 saturated carbocycles. The Morgan fingerprint density at radius 3 is 2.53 bits per heavy atom. The van der Waals surface area contributed by atoms with Crippen LogP contribution in [0.4, 0.5) is 5.13 Å². The lowest BCUT2D eigenvalue weighted by Gasteiger charge is -2.14. The summed E-state index contributed by atoms with van der Waals surface area (Å²) in [5.74, 6) is 6.09. The molecule has 3 aromatic rings. The number of hydrogen-bond donors (Lipinski definition) is 1. The minimum atomic E-state index is 0.768. The van der Waals surface area contributed by atoms with E-state index in [1.54, 1.807) is 16.3 Å². The van der Waals surface area contributed by atoms with E-state index in [0.29, 0.717) is 0 Å². The highest BCUT2D eigenvalue weighted by molar-refractivity contribution is 7.22. The zero-order valence-corrected chi connectivity index (χ0v) is 11.3. The molecule has 96 valence electrons. The first-order valence-electron chi connectivity index (χ1n) is 6.25. The second kappa shape index (κ2) is 5.38. The molecule has 0 aliphatic rings. The van der Waals surface area contributed by atoms with Crippen molar-refractivity contribution in [1.82, 2.24) is 4.98 Å². The number of hydrazine groups is 1. The molecule has 0 radical (unpaired) electrons. The Morgan fingerprint density at radius 1 is 1.00 bits per heavy atom. The van der Waals surface area contributed by atoms with Gasteiger partial charge in [-0.2, -0.15) is 0 Å². The van der Waals surface area contributed by atoms with E-state index in [1.165, 1.54) is 10.3 Å². The van der Waals surface area contributed by atoms with Gasteiger partial charge in [0.1, 0.15) is 0 Å². The van der Waals surface area contributed by atoms with Crippen molar-refractivity contribution < 1.29 is 0 Å². The molecule has 3 nitrogen and oxygen atoms in total. The molecule has 1 heterocycles. The van der Waals surface area contributed by atoms with Crippen LogP contribution in [0.2, 0.25) is 0 Å².